The molecule has 2 aliphatic rings. The van der Waals surface area contributed by atoms with Crippen LogP contribution >= 0.6 is 0 Å². The number of carbonyl (C=O) groups excluding carboxylic acids is 2. The number of benzene rings is 1. The van der Waals surface area contributed by atoms with Gasteiger partial charge in [-0.05, 0) is 83.4 Å². The van der Waals surface area contributed by atoms with Crippen LogP contribution in [0.3, 0.4) is 0 Å². The van der Waals surface area contributed by atoms with E-state index in [9.17, 15) is 30.0 Å². The normalized spacial score (nSPS) is 32.0. The van der Waals surface area contributed by atoms with Gasteiger partial charge in [-0.15, -0.1) is 5.10 Å². The maximum absolute atomic E-state index is 13.9. The minimum Gasteiger partial charge on any atom is -0.462 e. The summed E-state index contributed by atoms with van der Waals surface area (Å²) in [4.78, 5) is 35.7. The molecule has 0 radical (unpaired) electrons. The van der Waals surface area contributed by atoms with Crippen molar-refractivity contribution in [3.63, 3.8) is 0 Å². The SMILES string of the molecule is CC[C@H]1OC(=O)C[C@@H](O)[C@H](C)[C@@H](O[C@@H]2O[C@H](C)[C@@H](O)[C@H](N(C)C)[C@H]2O)[C@@H](CCN(CCn2cc(-c3cccnc3)nn2)Cc2ccccc2)C[C@@H](C)C(=O)/C=C/C(C)=C/[C@@H]1CO. The van der Waals surface area contributed by atoms with Gasteiger partial charge in [-0.2, -0.15) is 0 Å². The first-order chi connectivity index (χ1) is 29.7. The predicted octanol–water partition coefficient (Wildman–Crippen LogP) is 4.06. The number of ether oxygens (including phenoxy) is 3. The Kier molecular flexibility index (Phi) is 18.5. The maximum Gasteiger partial charge on any atom is 0.308 e. The highest BCUT2D eigenvalue weighted by atomic mass is 16.7. The first-order valence-corrected chi connectivity index (χ1v) is 22.0. The summed E-state index contributed by atoms with van der Waals surface area (Å²) in [7, 11) is 3.53. The zero-order valence-corrected chi connectivity index (χ0v) is 37.3. The molecule has 15 nitrogen and oxygen atoms in total. The summed E-state index contributed by atoms with van der Waals surface area (Å²) in [5.41, 5.74) is 3.44. The van der Waals surface area contributed by atoms with Crippen LogP contribution in [0.25, 0.3) is 11.3 Å². The van der Waals surface area contributed by atoms with Crippen molar-refractivity contribution in [1.29, 1.82) is 0 Å². The molecule has 4 heterocycles. The largest absolute Gasteiger partial charge is 0.462 e. The molecule has 3 aromatic rings. The van der Waals surface area contributed by atoms with E-state index >= 15 is 0 Å². The highest BCUT2D eigenvalue weighted by Gasteiger charge is 2.47. The van der Waals surface area contributed by atoms with Gasteiger partial charge in [0.15, 0.2) is 12.1 Å². The number of likely N-dealkylation sites (N-methyl/N-ethyl adjacent to an activating group) is 1. The fourth-order valence-electron chi connectivity index (χ4n) is 8.62. The summed E-state index contributed by atoms with van der Waals surface area (Å²) in [6.07, 6.45) is 4.49. The second kappa shape index (κ2) is 23.5. The Labute approximate surface area is 366 Å². The van der Waals surface area contributed by atoms with Gasteiger partial charge in [0.25, 0.3) is 0 Å². The summed E-state index contributed by atoms with van der Waals surface area (Å²) >= 11 is 0. The average molecular weight is 861 g/mol. The first kappa shape index (κ1) is 48.8. The van der Waals surface area contributed by atoms with Crippen LogP contribution in [0.15, 0.2) is 84.9 Å². The Morgan fingerprint density at radius 1 is 0.984 bits per heavy atom. The Morgan fingerprint density at radius 2 is 1.74 bits per heavy atom. The molecule has 340 valence electrons. The maximum atomic E-state index is 13.9. The molecule has 1 aromatic carbocycles. The Balaban J connectivity index is 1.50. The topological polar surface area (TPSA) is 193 Å². The molecule has 0 amide bonds. The van der Waals surface area contributed by atoms with E-state index in [2.05, 4.69) is 32.3 Å². The zero-order chi connectivity index (χ0) is 44.9. The molecule has 4 N–H and O–H groups in total. The van der Waals surface area contributed by atoms with E-state index in [4.69, 9.17) is 14.2 Å². The van der Waals surface area contributed by atoms with Crippen LogP contribution in [-0.4, -0.2) is 145 Å². The molecule has 1 saturated heterocycles. The van der Waals surface area contributed by atoms with Crippen LogP contribution in [0.2, 0.25) is 0 Å². The monoisotopic (exact) mass is 861 g/mol. The lowest BCUT2D eigenvalue weighted by atomic mass is 9.79. The molecule has 15 heteroatoms. The fourth-order valence-corrected chi connectivity index (χ4v) is 8.62. The molecule has 2 aliphatic heterocycles. The number of hydrogen-bond acceptors (Lipinski definition) is 14. The number of pyridine rings is 1. The standard InChI is InChI=1S/C47H68N6O9/c1-8-41-37(29-54)23-30(2)16-17-39(55)31(3)24-35(46(32(4)40(56)25-42(57)61-41)62-47-45(59)43(51(6)7)44(58)33(5)60-47)18-20-52(27-34-13-10-9-11-14-34)21-22-53-28-38(49-50-53)36-15-12-19-48-26-36/h9-17,19,23,26,28,31-33,35,37,40-41,43-47,54,56,58-59H,8,18,20-22,24-25,27,29H2,1-7H3/b17-16+,30-23+/t31-,32+,33-,35+,37-,40-,41-,43+,44-,45-,46-,47+/m1/s1. The Morgan fingerprint density at radius 3 is 2.42 bits per heavy atom. The van der Waals surface area contributed by atoms with E-state index in [0.29, 0.717) is 45.4 Å². The van der Waals surface area contributed by atoms with E-state index in [0.717, 1.165) is 22.4 Å². The van der Waals surface area contributed by atoms with Gasteiger partial charge in [0, 0.05) is 48.8 Å². The van der Waals surface area contributed by atoms with Crippen molar-refractivity contribution in [1.82, 2.24) is 29.8 Å². The number of allylic oxidation sites excluding steroid dienone is 3. The van der Waals surface area contributed by atoms with Crippen LogP contribution in [0, 0.1) is 23.7 Å². The van der Waals surface area contributed by atoms with Gasteiger partial charge in [0.2, 0.25) is 0 Å². The Hall–Kier alpha value is -4.19. The molecule has 0 bridgehead atoms. The third-order valence-electron chi connectivity index (χ3n) is 12.4. The van der Waals surface area contributed by atoms with Crippen LogP contribution in [0.1, 0.15) is 65.9 Å². The molecule has 1 fully saturated rings. The third kappa shape index (κ3) is 13.4. The van der Waals surface area contributed by atoms with Crippen LogP contribution in [0.4, 0.5) is 0 Å². The van der Waals surface area contributed by atoms with Crippen molar-refractivity contribution in [3.8, 4) is 11.3 Å². The number of aliphatic hydroxyl groups excluding tert-OH is 4. The quantitative estimate of drug-likeness (QED) is 0.170. The molecule has 0 saturated carbocycles. The molecular formula is C47H68N6O9. The van der Waals surface area contributed by atoms with E-state index in [1.807, 2.05) is 68.1 Å². The van der Waals surface area contributed by atoms with Crippen LogP contribution in [-0.2, 0) is 36.9 Å². The van der Waals surface area contributed by atoms with Gasteiger partial charge in [0.1, 0.15) is 17.9 Å². The number of aliphatic hydroxyl groups is 4. The predicted molar refractivity (Wildman–Crippen MR) is 234 cm³/mol. The summed E-state index contributed by atoms with van der Waals surface area (Å²) in [6.45, 7) is 11.1. The van der Waals surface area contributed by atoms with Gasteiger partial charge in [0.05, 0.1) is 56.2 Å². The van der Waals surface area contributed by atoms with Crippen LogP contribution in [0.5, 0.6) is 0 Å². The lowest BCUT2D eigenvalue weighted by Gasteiger charge is -2.46. The van der Waals surface area contributed by atoms with Gasteiger partial charge < -0.3 is 39.5 Å². The summed E-state index contributed by atoms with van der Waals surface area (Å²) in [6, 6.07) is 13.2. The molecule has 0 unspecified atom stereocenters. The van der Waals surface area contributed by atoms with E-state index < -0.39 is 78.6 Å². The van der Waals surface area contributed by atoms with Crippen molar-refractivity contribution >= 4 is 11.8 Å². The smallest absolute Gasteiger partial charge is 0.308 e. The zero-order valence-electron chi connectivity index (χ0n) is 37.3. The molecular weight excluding hydrogens is 793 g/mol. The van der Waals surface area contributed by atoms with Gasteiger partial charge in [-0.25, -0.2) is 0 Å². The third-order valence-corrected chi connectivity index (χ3v) is 12.4. The highest BCUT2D eigenvalue weighted by molar-refractivity contribution is 5.91. The molecule has 12 atom stereocenters. The van der Waals surface area contributed by atoms with Crippen LogP contribution < -0.4 is 0 Å². The van der Waals surface area contributed by atoms with E-state index in [1.54, 1.807) is 57.4 Å². The van der Waals surface area contributed by atoms with Crippen molar-refractivity contribution in [3.05, 3.63) is 90.4 Å². The van der Waals surface area contributed by atoms with Gasteiger partial charge in [-0.3, -0.25) is 24.2 Å². The second-order valence-corrected chi connectivity index (χ2v) is 17.4. The van der Waals surface area contributed by atoms with Gasteiger partial charge in [-0.1, -0.05) is 74.0 Å². The minimum absolute atomic E-state index is 0.101. The van der Waals surface area contributed by atoms with E-state index in [-0.39, 0.29) is 18.8 Å². The number of esters is 1. The number of cyclic esters (lactones) is 1. The molecule has 0 aliphatic carbocycles. The molecule has 62 heavy (non-hydrogen) atoms. The number of aromatic nitrogens is 4. The van der Waals surface area contributed by atoms with Gasteiger partial charge >= 0.3 is 5.97 Å². The van der Waals surface area contributed by atoms with E-state index in [1.165, 1.54) is 0 Å². The van der Waals surface area contributed by atoms with Crippen molar-refractivity contribution in [2.45, 2.75) is 122 Å². The number of rotatable bonds is 14. The second-order valence-electron chi connectivity index (χ2n) is 17.4. The Bertz CT molecular complexity index is 1890. The summed E-state index contributed by atoms with van der Waals surface area (Å²) < 4.78 is 20.7. The summed E-state index contributed by atoms with van der Waals surface area (Å²) in [5.74, 6) is -2.82. The number of ketones is 1. The molecule has 0 spiro atoms. The number of carbonyl (C=O) groups is 2. The number of nitrogens with zero attached hydrogens (tertiary/aromatic N) is 6. The molecule has 5 rings (SSSR count). The lowest BCUT2D eigenvalue weighted by molar-refractivity contribution is -0.304. The first-order valence-electron chi connectivity index (χ1n) is 22.0. The lowest BCUT2D eigenvalue weighted by Crippen LogP contribution is -2.63. The van der Waals surface area contributed by atoms with Crippen molar-refractivity contribution < 1.29 is 44.2 Å². The molecule has 2 aromatic heterocycles. The number of hydrogen-bond donors (Lipinski definition) is 4. The summed E-state index contributed by atoms with van der Waals surface area (Å²) in [5, 5.41) is 53.6. The highest BCUT2D eigenvalue weighted by Crippen LogP contribution is 2.35. The van der Waals surface area contributed by atoms with Crippen molar-refractivity contribution in [2.24, 2.45) is 23.7 Å². The van der Waals surface area contributed by atoms with Crippen molar-refractivity contribution in [2.75, 3.05) is 33.8 Å². The average Bonchev–Trinajstić information content (AvgIpc) is 3.74. The minimum atomic E-state index is -1.27. The fraction of sp³-hybridized carbons (Fsp3) is 0.596.